The average molecular weight is 257 g/mol. The number of aryl methyl sites for hydroxylation is 1. The fourth-order valence-corrected chi connectivity index (χ4v) is 2.25. The summed E-state index contributed by atoms with van der Waals surface area (Å²) >= 11 is 4.39. The summed E-state index contributed by atoms with van der Waals surface area (Å²) in [5.74, 6) is -0.439. The van der Waals surface area contributed by atoms with Gasteiger partial charge < -0.3 is 0 Å². The third kappa shape index (κ3) is 3.48. The summed E-state index contributed by atoms with van der Waals surface area (Å²) in [5.41, 5.74) is 0.837. The molecule has 0 amide bonds. The van der Waals surface area contributed by atoms with Crippen LogP contribution in [-0.2, 0) is 14.8 Å². The SMILES string of the molecule is Cc1cccc(S(=O)(=O)NCC(=O)C=S)c1. The monoisotopic (exact) mass is 257 g/mol. The Bertz CT molecular complexity index is 509. The van der Waals surface area contributed by atoms with E-state index in [0.29, 0.717) is 0 Å². The zero-order valence-electron chi connectivity index (χ0n) is 8.64. The predicted octanol–water partition coefficient (Wildman–Crippen LogP) is 0.842. The highest BCUT2D eigenvalue weighted by Crippen LogP contribution is 2.10. The quantitative estimate of drug-likeness (QED) is 0.794. The largest absolute Gasteiger partial charge is 0.292 e. The summed E-state index contributed by atoms with van der Waals surface area (Å²) in [7, 11) is -3.63. The topological polar surface area (TPSA) is 63.2 Å². The van der Waals surface area contributed by atoms with E-state index in [1.54, 1.807) is 19.1 Å². The maximum Gasteiger partial charge on any atom is 0.240 e. The van der Waals surface area contributed by atoms with Crippen molar-refractivity contribution < 1.29 is 13.2 Å². The van der Waals surface area contributed by atoms with Crippen LogP contribution < -0.4 is 4.72 Å². The molecule has 0 aliphatic carbocycles. The van der Waals surface area contributed by atoms with Crippen LogP contribution in [0.4, 0.5) is 0 Å². The number of carbonyl (C=O) groups is 1. The van der Waals surface area contributed by atoms with Gasteiger partial charge in [0.05, 0.1) is 11.4 Å². The van der Waals surface area contributed by atoms with E-state index in [9.17, 15) is 13.2 Å². The van der Waals surface area contributed by atoms with Crippen LogP contribution in [0, 0.1) is 6.92 Å². The van der Waals surface area contributed by atoms with Crippen molar-refractivity contribution in [3.63, 3.8) is 0 Å². The average Bonchev–Trinajstić information content (AvgIpc) is 2.26. The van der Waals surface area contributed by atoms with Crippen LogP contribution in [0.5, 0.6) is 0 Å². The van der Waals surface area contributed by atoms with Crippen molar-refractivity contribution in [3.8, 4) is 0 Å². The molecule has 1 aromatic carbocycles. The lowest BCUT2D eigenvalue weighted by Gasteiger charge is -2.05. The second-order valence-electron chi connectivity index (χ2n) is 3.23. The van der Waals surface area contributed by atoms with Gasteiger partial charge in [-0.15, -0.1) is 0 Å². The molecular weight excluding hydrogens is 246 g/mol. The van der Waals surface area contributed by atoms with Gasteiger partial charge in [0, 0.05) is 5.37 Å². The molecule has 0 aliphatic heterocycles. The minimum absolute atomic E-state index is 0.143. The molecule has 0 saturated heterocycles. The molecule has 0 saturated carbocycles. The fourth-order valence-electron chi connectivity index (χ4n) is 1.07. The number of thiocarbonyl (C=S) groups is 1. The Hall–Kier alpha value is -1.11. The van der Waals surface area contributed by atoms with Gasteiger partial charge in [0.1, 0.15) is 0 Å². The number of sulfonamides is 1. The summed E-state index contributed by atoms with van der Waals surface area (Å²) in [6, 6.07) is 6.44. The van der Waals surface area contributed by atoms with Crippen molar-refractivity contribution >= 4 is 33.4 Å². The van der Waals surface area contributed by atoms with Crippen LogP contribution in [-0.4, -0.2) is 26.1 Å². The van der Waals surface area contributed by atoms with Gasteiger partial charge in [-0.1, -0.05) is 24.4 Å². The number of hydrogen-bond acceptors (Lipinski definition) is 4. The van der Waals surface area contributed by atoms with Gasteiger partial charge in [-0.25, -0.2) is 13.1 Å². The number of hydrogen-bond donors (Lipinski definition) is 1. The standard InChI is InChI=1S/C10H11NO3S2/c1-8-3-2-4-10(5-8)16(13,14)11-6-9(12)7-15/h2-5,7,11H,6H2,1H3. The Morgan fingerprint density at radius 1 is 1.50 bits per heavy atom. The normalized spacial score (nSPS) is 11.1. The Morgan fingerprint density at radius 3 is 2.75 bits per heavy atom. The first-order valence-electron chi connectivity index (χ1n) is 4.50. The molecule has 4 nitrogen and oxygen atoms in total. The van der Waals surface area contributed by atoms with Crippen LogP contribution >= 0.6 is 12.2 Å². The van der Waals surface area contributed by atoms with Gasteiger partial charge in [-0.05, 0) is 24.6 Å². The lowest BCUT2D eigenvalue weighted by molar-refractivity contribution is -0.111. The molecule has 0 unspecified atom stereocenters. The Balaban J connectivity index is 2.86. The van der Waals surface area contributed by atoms with Crippen molar-refractivity contribution in [1.82, 2.24) is 4.72 Å². The number of ketones is 1. The second kappa shape index (κ2) is 5.29. The lowest BCUT2D eigenvalue weighted by Crippen LogP contribution is -2.29. The van der Waals surface area contributed by atoms with Crippen LogP contribution in [0.1, 0.15) is 5.56 Å². The number of carbonyl (C=O) groups excluding carboxylic acids is 1. The molecule has 16 heavy (non-hydrogen) atoms. The summed E-state index contributed by atoms with van der Waals surface area (Å²) in [6.07, 6.45) is 0. The number of nitrogens with one attached hydrogen (secondary N) is 1. The van der Waals surface area contributed by atoms with Gasteiger partial charge in [-0.3, -0.25) is 4.79 Å². The molecule has 0 atom stereocenters. The van der Waals surface area contributed by atoms with Crippen LogP contribution in [0.15, 0.2) is 29.2 Å². The van der Waals surface area contributed by atoms with Gasteiger partial charge in [0.25, 0.3) is 0 Å². The Kier molecular flexibility index (Phi) is 4.28. The molecule has 0 heterocycles. The zero-order valence-corrected chi connectivity index (χ0v) is 10.3. The Morgan fingerprint density at radius 2 is 2.19 bits per heavy atom. The van der Waals surface area contributed by atoms with Crippen LogP contribution in [0.2, 0.25) is 0 Å². The molecule has 1 aromatic rings. The van der Waals surface area contributed by atoms with Crippen LogP contribution in [0.25, 0.3) is 0 Å². The molecular formula is C10H11NO3S2. The highest BCUT2D eigenvalue weighted by molar-refractivity contribution is 7.89. The number of benzene rings is 1. The molecule has 0 bridgehead atoms. The summed E-state index contributed by atoms with van der Waals surface area (Å²) < 4.78 is 25.6. The maximum atomic E-state index is 11.7. The zero-order chi connectivity index (χ0) is 12.2. The first-order valence-corrected chi connectivity index (χ1v) is 6.45. The molecule has 0 spiro atoms. The first-order chi connectivity index (χ1) is 7.45. The molecule has 0 aromatic heterocycles. The lowest BCUT2D eigenvalue weighted by atomic mass is 10.2. The van der Waals surface area contributed by atoms with E-state index >= 15 is 0 Å². The van der Waals surface area contributed by atoms with E-state index in [2.05, 4.69) is 16.9 Å². The van der Waals surface area contributed by atoms with E-state index in [1.807, 2.05) is 0 Å². The highest BCUT2D eigenvalue weighted by atomic mass is 32.2. The molecule has 1 rings (SSSR count). The molecule has 0 aliphatic rings. The third-order valence-electron chi connectivity index (χ3n) is 1.87. The predicted molar refractivity (Wildman–Crippen MR) is 65.0 cm³/mol. The van der Waals surface area contributed by atoms with Crippen molar-refractivity contribution in [3.05, 3.63) is 29.8 Å². The van der Waals surface area contributed by atoms with E-state index < -0.39 is 15.8 Å². The number of Topliss-reactive ketones (excluding diaryl/α,β-unsaturated/α-hetero) is 1. The van der Waals surface area contributed by atoms with Crippen molar-refractivity contribution in [2.75, 3.05) is 6.54 Å². The van der Waals surface area contributed by atoms with E-state index in [-0.39, 0.29) is 11.4 Å². The smallest absolute Gasteiger partial charge is 0.240 e. The first kappa shape index (κ1) is 13.0. The second-order valence-corrected chi connectivity index (χ2v) is 5.23. The molecule has 86 valence electrons. The Labute approximate surface area is 99.7 Å². The summed E-state index contributed by atoms with van der Waals surface area (Å²) in [6.45, 7) is 1.49. The minimum atomic E-state index is -3.63. The minimum Gasteiger partial charge on any atom is -0.292 e. The summed E-state index contributed by atoms with van der Waals surface area (Å²) in [4.78, 5) is 11.0. The molecule has 1 N–H and O–H groups in total. The van der Waals surface area contributed by atoms with Crippen molar-refractivity contribution in [2.45, 2.75) is 11.8 Å². The highest BCUT2D eigenvalue weighted by Gasteiger charge is 2.14. The van der Waals surface area contributed by atoms with Crippen LogP contribution in [0.3, 0.4) is 0 Å². The number of rotatable bonds is 5. The molecule has 0 radical (unpaired) electrons. The van der Waals surface area contributed by atoms with Crippen molar-refractivity contribution in [1.29, 1.82) is 0 Å². The van der Waals surface area contributed by atoms with Crippen molar-refractivity contribution in [2.24, 2.45) is 0 Å². The maximum absolute atomic E-state index is 11.7. The fraction of sp³-hybridized carbons (Fsp3) is 0.200. The van der Waals surface area contributed by atoms with Gasteiger partial charge >= 0.3 is 0 Å². The molecule has 0 fully saturated rings. The van der Waals surface area contributed by atoms with Gasteiger partial charge in [0.2, 0.25) is 10.0 Å². The van der Waals surface area contributed by atoms with E-state index in [0.717, 1.165) is 10.9 Å². The van der Waals surface area contributed by atoms with Gasteiger partial charge in [0.15, 0.2) is 5.78 Å². The molecule has 6 heteroatoms. The summed E-state index contributed by atoms with van der Waals surface area (Å²) in [5, 5.41) is 0.915. The van der Waals surface area contributed by atoms with E-state index in [4.69, 9.17) is 0 Å². The third-order valence-corrected chi connectivity index (χ3v) is 3.53. The van der Waals surface area contributed by atoms with Gasteiger partial charge in [-0.2, -0.15) is 0 Å². The van der Waals surface area contributed by atoms with E-state index in [1.165, 1.54) is 12.1 Å².